The number of fused-ring (bicyclic) bond motifs is 1. The molecule has 0 spiro atoms. The molecule has 3 atom stereocenters. The SMILES string of the molecule is CC(CNC(=O)N1CCC2(O)CCCCC2C1)C(=O)O. The van der Waals surface area contributed by atoms with Crippen molar-refractivity contribution in [1.82, 2.24) is 10.2 Å². The number of piperidine rings is 1. The van der Waals surface area contributed by atoms with Gasteiger partial charge in [-0.2, -0.15) is 0 Å². The molecule has 0 aromatic rings. The van der Waals surface area contributed by atoms with E-state index >= 15 is 0 Å². The van der Waals surface area contributed by atoms with Crippen molar-refractivity contribution in [3.05, 3.63) is 0 Å². The molecule has 114 valence electrons. The second kappa shape index (κ2) is 5.99. The fourth-order valence-corrected chi connectivity index (χ4v) is 3.19. The lowest BCUT2D eigenvalue weighted by Gasteiger charge is -2.47. The molecule has 1 heterocycles. The predicted molar refractivity (Wildman–Crippen MR) is 73.3 cm³/mol. The average Bonchev–Trinajstić information content (AvgIpc) is 2.43. The lowest BCUT2D eigenvalue weighted by Crippen LogP contribution is -2.56. The number of carboxylic acid groups (broad SMARTS) is 1. The number of nitrogens with zero attached hydrogens (tertiary/aromatic N) is 1. The highest BCUT2D eigenvalue weighted by Crippen LogP contribution is 2.39. The number of amides is 2. The number of rotatable bonds is 3. The van der Waals surface area contributed by atoms with E-state index in [2.05, 4.69) is 5.32 Å². The van der Waals surface area contributed by atoms with E-state index in [0.29, 0.717) is 19.5 Å². The average molecular weight is 284 g/mol. The Bertz CT molecular complexity index is 387. The summed E-state index contributed by atoms with van der Waals surface area (Å²) in [7, 11) is 0. The van der Waals surface area contributed by atoms with E-state index in [1.807, 2.05) is 0 Å². The number of urea groups is 1. The molecule has 3 unspecified atom stereocenters. The second-order valence-electron chi connectivity index (χ2n) is 6.17. The third kappa shape index (κ3) is 3.23. The van der Waals surface area contributed by atoms with Gasteiger partial charge in [0.2, 0.25) is 0 Å². The molecular weight excluding hydrogens is 260 g/mol. The van der Waals surface area contributed by atoms with E-state index in [1.165, 1.54) is 0 Å². The van der Waals surface area contributed by atoms with Gasteiger partial charge in [0.05, 0.1) is 11.5 Å². The minimum absolute atomic E-state index is 0.138. The summed E-state index contributed by atoms with van der Waals surface area (Å²) in [5.74, 6) is -1.34. The van der Waals surface area contributed by atoms with Crippen LogP contribution in [0.25, 0.3) is 0 Å². The summed E-state index contributed by atoms with van der Waals surface area (Å²) in [5.41, 5.74) is -0.594. The Kier molecular flexibility index (Phi) is 4.52. The molecule has 1 aliphatic carbocycles. The molecule has 6 nitrogen and oxygen atoms in total. The first kappa shape index (κ1) is 15.1. The van der Waals surface area contributed by atoms with Gasteiger partial charge in [-0.05, 0) is 19.3 Å². The van der Waals surface area contributed by atoms with E-state index in [1.54, 1.807) is 11.8 Å². The van der Waals surface area contributed by atoms with Crippen molar-refractivity contribution >= 4 is 12.0 Å². The highest BCUT2D eigenvalue weighted by atomic mass is 16.4. The molecule has 0 bridgehead atoms. The van der Waals surface area contributed by atoms with Gasteiger partial charge < -0.3 is 20.4 Å². The number of carboxylic acids is 1. The van der Waals surface area contributed by atoms with Crippen molar-refractivity contribution in [2.24, 2.45) is 11.8 Å². The fourth-order valence-electron chi connectivity index (χ4n) is 3.19. The van der Waals surface area contributed by atoms with Crippen LogP contribution in [-0.2, 0) is 4.79 Å². The first-order chi connectivity index (χ1) is 9.42. The van der Waals surface area contributed by atoms with Crippen molar-refractivity contribution in [2.45, 2.75) is 44.6 Å². The number of hydrogen-bond donors (Lipinski definition) is 3. The van der Waals surface area contributed by atoms with Gasteiger partial charge in [0, 0.05) is 25.6 Å². The van der Waals surface area contributed by atoms with Crippen LogP contribution in [0.4, 0.5) is 4.79 Å². The third-order valence-electron chi connectivity index (χ3n) is 4.70. The monoisotopic (exact) mass is 284 g/mol. The number of aliphatic hydroxyl groups is 1. The van der Waals surface area contributed by atoms with Gasteiger partial charge >= 0.3 is 12.0 Å². The topological polar surface area (TPSA) is 89.9 Å². The first-order valence-corrected chi connectivity index (χ1v) is 7.40. The van der Waals surface area contributed by atoms with E-state index < -0.39 is 17.5 Å². The summed E-state index contributed by atoms with van der Waals surface area (Å²) < 4.78 is 0. The van der Waals surface area contributed by atoms with Crippen molar-refractivity contribution in [3.63, 3.8) is 0 Å². The zero-order valence-corrected chi connectivity index (χ0v) is 12.0. The Morgan fingerprint density at radius 2 is 2.15 bits per heavy atom. The number of hydrogen-bond acceptors (Lipinski definition) is 3. The number of likely N-dealkylation sites (tertiary alicyclic amines) is 1. The van der Waals surface area contributed by atoms with Crippen LogP contribution in [0.15, 0.2) is 0 Å². The number of nitrogens with one attached hydrogen (secondary N) is 1. The summed E-state index contributed by atoms with van der Waals surface area (Å²) >= 11 is 0. The molecule has 0 aromatic heterocycles. The molecule has 20 heavy (non-hydrogen) atoms. The molecular formula is C14H24N2O4. The van der Waals surface area contributed by atoms with E-state index in [-0.39, 0.29) is 18.5 Å². The van der Waals surface area contributed by atoms with Crippen LogP contribution < -0.4 is 5.32 Å². The van der Waals surface area contributed by atoms with Gasteiger partial charge in [0.15, 0.2) is 0 Å². The summed E-state index contributed by atoms with van der Waals surface area (Å²) in [6, 6.07) is -0.217. The number of carbonyl (C=O) groups excluding carboxylic acids is 1. The summed E-state index contributed by atoms with van der Waals surface area (Å²) in [5, 5.41) is 22.0. The fraction of sp³-hybridized carbons (Fsp3) is 0.857. The van der Waals surface area contributed by atoms with Gasteiger partial charge in [-0.1, -0.05) is 19.8 Å². The van der Waals surface area contributed by atoms with Crippen LogP contribution >= 0.6 is 0 Å². The molecule has 1 saturated carbocycles. The minimum atomic E-state index is -0.911. The number of carbonyl (C=O) groups is 2. The molecule has 0 aromatic carbocycles. The molecule has 2 aliphatic rings. The van der Waals surface area contributed by atoms with Crippen LogP contribution in [0.1, 0.15) is 39.0 Å². The standard InChI is InChI=1S/C14H24N2O4/c1-10(12(17)18)8-15-13(19)16-7-6-14(20)5-3-2-4-11(14)9-16/h10-11,20H,2-9H2,1H3,(H,15,19)(H,17,18). The second-order valence-corrected chi connectivity index (χ2v) is 6.17. The lowest BCUT2D eigenvalue weighted by molar-refractivity contribution is -0.140. The van der Waals surface area contributed by atoms with E-state index in [4.69, 9.17) is 5.11 Å². The summed E-state index contributed by atoms with van der Waals surface area (Å²) in [6.07, 6.45) is 4.60. The van der Waals surface area contributed by atoms with Crippen molar-refractivity contribution in [1.29, 1.82) is 0 Å². The molecule has 1 saturated heterocycles. The van der Waals surface area contributed by atoms with Crippen LogP contribution in [0.5, 0.6) is 0 Å². The largest absolute Gasteiger partial charge is 0.481 e. The van der Waals surface area contributed by atoms with Crippen LogP contribution in [-0.4, -0.2) is 52.3 Å². The zero-order chi connectivity index (χ0) is 14.8. The van der Waals surface area contributed by atoms with Crippen LogP contribution in [0, 0.1) is 11.8 Å². The maximum atomic E-state index is 12.0. The molecule has 3 N–H and O–H groups in total. The highest BCUT2D eigenvalue weighted by Gasteiger charge is 2.43. The molecule has 2 rings (SSSR count). The van der Waals surface area contributed by atoms with Gasteiger partial charge in [-0.25, -0.2) is 4.79 Å². The Balaban J connectivity index is 1.85. The summed E-state index contributed by atoms with van der Waals surface area (Å²) in [4.78, 5) is 24.5. The molecule has 1 aliphatic heterocycles. The van der Waals surface area contributed by atoms with Crippen LogP contribution in [0.3, 0.4) is 0 Å². The molecule has 0 radical (unpaired) electrons. The van der Waals surface area contributed by atoms with Crippen molar-refractivity contribution in [3.8, 4) is 0 Å². The molecule has 2 amide bonds. The van der Waals surface area contributed by atoms with Gasteiger partial charge in [-0.3, -0.25) is 4.79 Å². The zero-order valence-electron chi connectivity index (χ0n) is 12.0. The Labute approximate surface area is 119 Å². The highest BCUT2D eigenvalue weighted by molar-refractivity contribution is 5.76. The van der Waals surface area contributed by atoms with E-state index in [9.17, 15) is 14.7 Å². The normalized spacial score (nSPS) is 31.3. The maximum absolute atomic E-state index is 12.0. The lowest BCUT2D eigenvalue weighted by atomic mass is 9.71. The Hall–Kier alpha value is -1.30. The van der Waals surface area contributed by atoms with Crippen molar-refractivity contribution in [2.75, 3.05) is 19.6 Å². The first-order valence-electron chi connectivity index (χ1n) is 7.40. The van der Waals surface area contributed by atoms with Gasteiger partial charge in [0.25, 0.3) is 0 Å². The maximum Gasteiger partial charge on any atom is 0.317 e. The summed E-state index contributed by atoms with van der Waals surface area (Å²) in [6.45, 7) is 2.82. The Morgan fingerprint density at radius 3 is 2.85 bits per heavy atom. The Morgan fingerprint density at radius 1 is 1.40 bits per heavy atom. The number of aliphatic carboxylic acids is 1. The van der Waals surface area contributed by atoms with Crippen LogP contribution in [0.2, 0.25) is 0 Å². The van der Waals surface area contributed by atoms with Crippen molar-refractivity contribution < 1.29 is 19.8 Å². The predicted octanol–water partition coefficient (Wildman–Crippen LogP) is 1.04. The smallest absolute Gasteiger partial charge is 0.317 e. The quantitative estimate of drug-likeness (QED) is 0.722. The minimum Gasteiger partial charge on any atom is -0.481 e. The van der Waals surface area contributed by atoms with Gasteiger partial charge in [-0.15, -0.1) is 0 Å². The van der Waals surface area contributed by atoms with E-state index in [0.717, 1.165) is 25.7 Å². The third-order valence-corrected chi connectivity index (χ3v) is 4.70. The van der Waals surface area contributed by atoms with Gasteiger partial charge in [0.1, 0.15) is 0 Å². The molecule has 2 fully saturated rings. The molecule has 6 heteroatoms.